The molecule has 0 radical (unpaired) electrons. The third-order valence-electron chi connectivity index (χ3n) is 4.19. The Hall–Kier alpha value is -3.42. The number of ether oxygens (including phenoxy) is 1. The second-order valence-electron chi connectivity index (χ2n) is 6.22. The Balaban J connectivity index is 1.84. The van der Waals surface area contributed by atoms with Crippen LogP contribution in [0.2, 0.25) is 0 Å². The first-order valence-electron chi connectivity index (χ1n) is 8.52. The number of hydrogen-bond donors (Lipinski definition) is 2. The molecule has 1 saturated carbocycles. The lowest BCUT2D eigenvalue weighted by molar-refractivity contribution is -0.384. The van der Waals surface area contributed by atoms with E-state index in [1.165, 1.54) is 12.1 Å². The molecular weight excluding hydrogens is 350 g/mol. The van der Waals surface area contributed by atoms with Gasteiger partial charge < -0.3 is 15.4 Å². The Morgan fingerprint density at radius 1 is 1.19 bits per heavy atom. The summed E-state index contributed by atoms with van der Waals surface area (Å²) in [6, 6.07) is 12.8. The largest absolute Gasteiger partial charge is 0.444 e. The second kappa shape index (κ2) is 7.86. The molecule has 0 saturated heterocycles. The molecule has 0 aliphatic heterocycles. The number of rotatable bonds is 7. The van der Waals surface area contributed by atoms with Crippen molar-refractivity contribution in [1.29, 1.82) is 0 Å². The van der Waals surface area contributed by atoms with Gasteiger partial charge >= 0.3 is 5.97 Å². The van der Waals surface area contributed by atoms with Crippen molar-refractivity contribution in [3.8, 4) is 0 Å². The van der Waals surface area contributed by atoms with Crippen LogP contribution in [0.25, 0.3) is 0 Å². The third-order valence-corrected chi connectivity index (χ3v) is 4.19. The summed E-state index contributed by atoms with van der Waals surface area (Å²) in [5.41, 5.74) is 0.569. The Morgan fingerprint density at radius 3 is 2.48 bits per heavy atom. The first-order valence-corrected chi connectivity index (χ1v) is 8.52. The Morgan fingerprint density at radius 2 is 1.89 bits per heavy atom. The maximum Gasteiger partial charge on any atom is 0.339 e. The van der Waals surface area contributed by atoms with Gasteiger partial charge in [0, 0.05) is 24.7 Å². The Labute approximate surface area is 155 Å². The molecule has 1 atom stereocenters. The molecule has 8 nitrogen and oxygen atoms in total. The molecule has 140 valence electrons. The normalized spacial score (nSPS) is 14.1. The maximum absolute atomic E-state index is 12.6. The molecule has 3 rings (SSSR count). The quantitative estimate of drug-likeness (QED) is 0.441. The highest BCUT2D eigenvalue weighted by Crippen LogP contribution is 2.27. The summed E-state index contributed by atoms with van der Waals surface area (Å²) in [5.74, 6) is -1.21. The molecule has 0 bridgehead atoms. The number of anilines is 1. The highest BCUT2D eigenvalue weighted by Gasteiger charge is 2.31. The number of nitro groups is 1. The summed E-state index contributed by atoms with van der Waals surface area (Å²) in [6.07, 6.45) is 0.680. The number of nitrogens with one attached hydrogen (secondary N) is 2. The number of benzene rings is 2. The van der Waals surface area contributed by atoms with Gasteiger partial charge in [-0.25, -0.2) is 4.79 Å². The molecule has 1 aliphatic rings. The highest BCUT2D eigenvalue weighted by molar-refractivity contribution is 5.94. The van der Waals surface area contributed by atoms with Crippen LogP contribution in [0.15, 0.2) is 48.5 Å². The zero-order valence-corrected chi connectivity index (χ0v) is 14.7. The maximum atomic E-state index is 12.6. The van der Waals surface area contributed by atoms with Crippen molar-refractivity contribution < 1.29 is 19.2 Å². The monoisotopic (exact) mass is 369 g/mol. The molecule has 1 amide bonds. The molecule has 0 aromatic heterocycles. The summed E-state index contributed by atoms with van der Waals surface area (Å²) in [5, 5.41) is 16.7. The van der Waals surface area contributed by atoms with Gasteiger partial charge in [-0.1, -0.05) is 30.3 Å². The predicted molar refractivity (Wildman–Crippen MR) is 98.4 cm³/mol. The number of hydrogen-bond acceptors (Lipinski definition) is 6. The number of carbonyl (C=O) groups excluding carboxylic acids is 2. The van der Waals surface area contributed by atoms with Crippen molar-refractivity contribution in [2.24, 2.45) is 0 Å². The fourth-order valence-electron chi connectivity index (χ4n) is 2.60. The molecule has 8 heteroatoms. The van der Waals surface area contributed by atoms with Crippen molar-refractivity contribution >= 4 is 23.3 Å². The molecule has 1 aliphatic carbocycles. The standard InChI is InChI=1S/C19H19N3O5/c1-20-15-10-7-13(11-16(15)22(25)26)19(24)27-17(12-5-3-2-4-6-12)18(23)21-14-8-9-14/h2-7,10-11,14,17,20H,8-9H2,1H3,(H,21,23). The first kappa shape index (κ1) is 18.4. The number of nitro benzene ring substituents is 1. The van der Waals surface area contributed by atoms with Gasteiger partial charge in [0.1, 0.15) is 5.69 Å². The van der Waals surface area contributed by atoms with E-state index >= 15 is 0 Å². The molecule has 2 N–H and O–H groups in total. The third kappa shape index (κ3) is 4.41. The van der Waals surface area contributed by atoms with E-state index in [0.29, 0.717) is 5.56 Å². The van der Waals surface area contributed by atoms with Gasteiger partial charge in [0.2, 0.25) is 6.10 Å². The van der Waals surface area contributed by atoms with E-state index in [-0.39, 0.29) is 23.0 Å². The average molecular weight is 369 g/mol. The van der Waals surface area contributed by atoms with Crippen LogP contribution < -0.4 is 10.6 Å². The zero-order valence-electron chi connectivity index (χ0n) is 14.7. The molecule has 0 spiro atoms. The van der Waals surface area contributed by atoms with E-state index in [9.17, 15) is 19.7 Å². The van der Waals surface area contributed by atoms with E-state index in [1.54, 1.807) is 37.4 Å². The fourth-order valence-corrected chi connectivity index (χ4v) is 2.60. The first-order chi connectivity index (χ1) is 13.0. The molecular formula is C19H19N3O5. The van der Waals surface area contributed by atoms with Gasteiger partial charge in [-0.05, 0) is 25.0 Å². The number of esters is 1. The minimum absolute atomic E-state index is 0.000790. The SMILES string of the molecule is CNc1ccc(C(=O)OC(C(=O)NC2CC2)c2ccccc2)cc1[N+](=O)[O-]. The fraction of sp³-hybridized carbons (Fsp3) is 0.263. The van der Waals surface area contributed by atoms with Gasteiger partial charge in [-0.15, -0.1) is 0 Å². The van der Waals surface area contributed by atoms with Gasteiger partial charge in [-0.3, -0.25) is 14.9 Å². The average Bonchev–Trinajstić information content (AvgIpc) is 3.49. The molecule has 1 fully saturated rings. The van der Waals surface area contributed by atoms with Crippen molar-refractivity contribution in [3.63, 3.8) is 0 Å². The lowest BCUT2D eigenvalue weighted by atomic mass is 10.1. The van der Waals surface area contributed by atoms with Crippen molar-refractivity contribution in [1.82, 2.24) is 5.32 Å². The summed E-state index contributed by atoms with van der Waals surface area (Å²) in [7, 11) is 1.55. The summed E-state index contributed by atoms with van der Waals surface area (Å²) >= 11 is 0. The van der Waals surface area contributed by atoms with Crippen LogP contribution in [0.5, 0.6) is 0 Å². The second-order valence-corrected chi connectivity index (χ2v) is 6.22. The van der Waals surface area contributed by atoms with Crippen molar-refractivity contribution in [3.05, 3.63) is 69.8 Å². The predicted octanol–water partition coefficient (Wildman–Crippen LogP) is 2.81. The van der Waals surface area contributed by atoms with Crippen LogP contribution >= 0.6 is 0 Å². The lowest BCUT2D eigenvalue weighted by Crippen LogP contribution is -2.33. The topological polar surface area (TPSA) is 111 Å². The summed E-state index contributed by atoms with van der Waals surface area (Å²) in [6.45, 7) is 0. The Bertz CT molecular complexity index is 865. The van der Waals surface area contributed by atoms with Crippen LogP contribution in [-0.2, 0) is 9.53 Å². The molecule has 1 unspecified atom stereocenters. The summed E-state index contributed by atoms with van der Waals surface area (Å²) in [4.78, 5) is 35.7. The van der Waals surface area contributed by atoms with Gasteiger partial charge in [-0.2, -0.15) is 0 Å². The highest BCUT2D eigenvalue weighted by atomic mass is 16.6. The van der Waals surface area contributed by atoms with E-state index in [4.69, 9.17) is 4.74 Å². The minimum Gasteiger partial charge on any atom is -0.444 e. The van der Waals surface area contributed by atoms with E-state index in [0.717, 1.165) is 18.9 Å². The number of carbonyl (C=O) groups is 2. The molecule has 0 heterocycles. The summed E-state index contributed by atoms with van der Waals surface area (Å²) < 4.78 is 5.43. The van der Waals surface area contributed by atoms with Gasteiger partial charge in [0.25, 0.3) is 11.6 Å². The lowest BCUT2D eigenvalue weighted by Gasteiger charge is -2.18. The van der Waals surface area contributed by atoms with Gasteiger partial charge in [0.15, 0.2) is 0 Å². The van der Waals surface area contributed by atoms with Crippen molar-refractivity contribution in [2.75, 3.05) is 12.4 Å². The van der Waals surface area contributed by atoms with E-state index in [1.807, 2.05) is 0 Å². The van der Waals surface area contributed by atoms with Crippen molar-refractivity contribution in [2.45, 2.75) is 25.0 Å². The van der Waals surface area contributed by atoms with Crippen LogP contribution in [0.1, 0.15) is 34.9 Å². The number of amides is 1. The van der Waals surface area contributed by atoms with Crippen LogP contribution in [-0.4, -0.2) is 29.9 Å². The zero-order chi connectivity index (χ0) is 19.4. The Kier molecular flexibility index (Phi) is 5.35. The van der Waals surface area contributed by atoms with E-state index < -0.39 is 22.9 Å². The smallest absolute Gasteiger partial charge is 0.339 e. The van der Waals surface area contributed by atoms with Crippen LogP contribution in [0.3, 0.4) is 0 Å². The van der Waals surface area contributed by atoms with Crippen LogP contribution in [0.4, 0.5) is 11.4 Å². The van der Waals surface area contributed by atoms with Gasteiger partial charge in [0.05, 0.1) is 10.5 Å². The van der Waals surface area contributed by atoms with E-state index in [2.05, 4.69) is 10.6 Å². The molecule has 2 aromatic rings. The van der Waals surface area contributed by atoms with Crippen LogP contribution in [0, 0.1) is 10.1 Å². The number of nitrogens with zero attached hydrogens (tertiary/aromatic N) is 1. The minimum atomic E-state index is -1.12. The molecule has 27 heavy (non-hydrogen) atoms. The molecule has 2 aromatic carbocycles.